The summed E-state index contributed by atoms with van der Waals surface area (Å²) in [4.78, 5) is 24.2. The lowest BCUT2D eigenvalue weighted by Crippen LogP contribution is -2.58. The fourth-order valence-corrected chi connectivity index (χ4v) is 4.29. The van der Waals surface area contributed by atoms with Crippen LogP contribution in [0, 0.1) is 11.3 Å². The number of methoxy groups -OCH3 is 1. The minimum Gasteiger partial charge on any atom is -0.497 e. The molecule has 1 aromatic rings. The van der Waals surface area contributed by atoms with Crippen LogP contribution in [0.5, 0.6) is 5.75 Å². The second kappa shape index (κ2) is 5.73. The van der Waals surface area contributed by atoms with Gasteiger partial charge in [-0.05, 0) is 36.5 Å². The standard InChI is InChI=1S/C19H23NO5/c1-24-14-7-5-13(6-8-14)15(12-3-2-4-12)20-16(21)19-9-18(10-19,11-25-19)17(22)23/h5-8,12,15H,2-4,9-11H2,1H3,(H,20,21)(H,22,23). The number of nitrogens with one attached hydrogen (secondary N) is 1. The molecule has 2 saturated heterocycles. The molecule has 1 atom stereocenters. The number of carboxylic acids is 1. The molecule has 4 aliphatic rings. The topological polar surface area (TPSA) is 84.9 Å². The number of carboxylic acid groups (broad SMARTS) is 1. The zero-order valence-electron chi connectivity index (χ0n) is 14.3. The van der Waals surface area contributed by atoms with Crippen molar-refractivity contribution in [2.45, 2.75) is 43.7 Å². The summed E-state index contributed by atoms with van der Waals surface area (Å²) in [6.07, 6.45) is 3.91. The van der Waals surface area contributed by atoms with Crippen molar-refractivity contribution < 1.29 is 24.2 Å². The van der Waals surface area contributed by atoms with Gasteiger partial charge in [-0.2, -0.15) is 0 Å². The van der Waals surface area contributed by atoms with Crippen molar-refractivity contribution in [1.29, 1.82) is 0 Å². The Morgan fingerprint density at radius 3 is 2.44 bits per heavy atom. The molecule has 2 saturated carbocycles. The minimum atomic E-state index is -0.952. The lowest BCUT2D eigenvalue weighted by Gasteiger charge is -2.42. The van der Waals surface area contributed by atoms with Crippen LogP contribution in [0.2, 0.25) is 0 Å². The van der Waals surface area contributed by atoms with Gasteiger partial charge in [0.2, 0.25) is 0 Å². The van der Waals surface area contributed by atoms with Crippen molar-refractivity contribution in [1.82, 2.24) is 5.32 Å². The third-order valence-electron chi connectivity index (χ3n) is 6.12. The van der Waals surface area contributed by atoms with Crippen molar-refractivity contribution in [2.24, 2.45) is 11.3 Å². The van der Waals surface area contributed by atoms with Gasteiger partial charge in [-0.1, -0.05) is 18.6 Å². The van der Waals surface area contributed by atoms with Gasteiger partial charge in [-0.3, -0.25) is 9.59 Å². The van der Waals surface area contributed by atoms with Gasteiger partial charge >= 0.3 is 5.97 Å². The Morgan fingerprint density at radius 1 is 1.28 bits per heavy atom. The molecule has 6 nitrogen and oxygen atoms in total. The molecule has 6 heteroatoms. The fourth-order valence-electron chi connectivity index (χ4n) is 4.29. The maximum Gasteiger partial charge on any atom is 0.312 e. The number of ether oxygens (including phenoxy) is 2. The predicted octanol–water partition coefficient (Wildman–Crippen LogP) is 2.29. The molecule has 1 amide bonds. The smallest absolute Gasteiger partial charge is 0.312 e. The highest BCUT2D eigenvalue weighted by molar-refractivity contribution is 5.92. The van der Waals surface area contributed by atoms with Gasteiger partial charge in [0.25, 0.3) is 5.91 Å². The first kappa shape index (κ1) is 16.4. The number of benzene rings is 1. The number of hydrogen-bond donors (Lipinski definition) is 2. The highest BCUT2D eigenvalue weighted by Crippen LogP contribution is 2.58. The lowest BCUT2D eigenvalue weighted by atomic mass is 9.62. The van der Waals surface area contributed by atoms with Crippen LogP contribution in [0.1, 0.15) is 43.7 Å². The molecule has 0 spiro atoms. The number of hydrogen-bond acceptors (Lipinski definition) is 4. The van der Waals surface area contributed by atoms with Crippen LogP contribution >= 0.6 is 0 Å². The molecule has 4 fully saturated rings. The summed E-state index contributed by atoms with van der Waals surface area (Å²) in [6.45, 7) is 0.131. The van der Waals surface area contributed by atoms with E-state index in [-0.39, 0.29) is 31.4 Å². The van der Waals surface area contributed by atoms with Crippen molar-refractivity contribution in [3.63, 3.8) is 0 Å². The van der Waals surface area contributed by atoms with Gasteiger partial charge in [-0.25, -0.2) is 0 Å². The number of carbonyl (C=O) groups excluding carboxylic acids is 1. The third-order valence-corrected chi connectivity index (χ3v) is 6.12. The lowest BCUT2D eigenvalue weighted by molar-refractivity contribution is -0.159. The maximum absolute atomic E-state index is 12.9. The van der Waals surface area contributed by atoms with E-state index in [1.165, 1.54) is 6.42 Å². The Bertz CT molecular complexity index is 688. The molecule has 2 N–H and O–H groups in total. The van der Waals surface area contributed by atoms with Gasteiger partial charge in [0.15, 0.2) is 0 Å². The van der Waals surface area contributed by atoms with Crippen molar-refractivity contribution in [2.75, 3.05) is 13.7 Å². The van der Waals surface area contributed by atoms with Crippen LogP contribution in [0.25, 0.3) is 0 Å². The van der Waals surface area contributed by atoms with E-state index >= 15 is 0 Å². The Labute approximate surface area is 146 Å². The number of amides is 1. The molecule has 5 rings (SSSR count). The molecule has 0 aromatic heterocycles. The molecular formula is C19H23NO5. The van der Waals surface area contributed by atoms with E-state index in [4.69, 9.17) is 9.47 Å². The normalized spacial score (nSPS) is 31.6. The fraction of sp³-hybridized carbons (Fsp3) is 0.579. The van der Waals surface area contributed by atoms with E-state index in [0.717, 1.165) is 24.2 Å². The summed E-state index contributed by atoms with van der Waals surface area (Å²) in [6, 6.07) is 7.70. The second-order valence-corrected chi connectivity index (χ2v) is 7.64. The van der Waals surface area contributed by atoms with E-state index in [0.29, 0.717) is 5.92 Å². The minimum absolute atomic E-state index is 0.0643. The number of rotatable bonds is 6. The SMILES string of the molecule is COc1ccc(C(NC(=O)C23CC(C(=O)O)(CO2)C3)C2CCC2)cc1. The summed E-state index contributed by atoms with van der Waals surface area (Å²) in [5, 5.41) is 12.5. The molecule has 2 aliphatic carbocycles. The summed E-state index contributed by atoms with van der Waals surface area (Å²) < 4.78 is 10.8. The Kier molecular flexibility index (Phi) is 3.76. The second-order valence-electron chi connectivity index (χ2n) is 7.64. The van der Waals surface area contributed by atoms with Gasteiger partial charge in [0.1, 0.15) is 11.4 Å². The van der Waals surface area contributed by atoms with Crippen LogP contribution < -0.4 is 10.1 Å². The van der Waals surface area contributed by atoms with Crippen LogP contribution in [0.15, 0.2) is 24.3 Å². The molecule has 2 heterocycles. The first-order chi connectivity index (χ1) is 12.0. The van der Waals surface area contributed by atoms with Crippen LogP contribution in [-0.2, 0) is 14.3 Å². The average molecular weight is 345 g/mol. The molecule has 2 aliphatic heterocycles. The number of fused-ring (bicyclic) bond motifs is 1. The molecule has 1 aromatic carbocycles. The first-order valence-corrected chi connectivity index (χ1v) is 8.80. The zero-order chi connectivity index (χ0) is 17.7. The Morgan fingerprint density at radius 2 is 1.96 bits per heavy atom. The van der Waals surface area contributed by atoms with Crippen LogP contribution in [0.4, 0.5) is 0 Å². The zero-order valence-corrected chi connectivity index (χ0v) is 14.3. The van der Waals surface area contributed by atoms with Crippen molar-refractivity contribution in [3.05, 3.63) is 29.8 Å². The van der Waals surface area contributed by atoms with E-state index in [1.807, 2.05) is 24.3 Å². The monoisotopic (exact) mass is 345 g/mol. The summed E-state index contributed by atoms with van der Waals surface area (Å²) in [5.41, 5.74) is -0.756. The Hall–Kier alpha value is -2.08. The van der Waals surface area contributed by atoms with Crippen LogP contribution in [-0.4, -0.2) is 36.3 Å². The summed E-state index contributed by atoms with van der Waals surface area (Å²) >= 11 is 0. The highest BCUT2D eigenvalue weighted by Gasteiger charge is 2.70. The highest BCUT2D eigenvalue weighted by atomic mass is 16.5. The van der Waals surface area contributed by atoms with Gasteiger partial charge in [-0.15, -0.1) is 0 Å². The first-order valence-electron chi connectivity index (χ1n) is 8.80. The number of aliphatic carboxylic acids is 1. The van der Waals surface area contributed by atoms with Crippen molar-refractivity contribution >= 4 is 11.9 Å². The third kappa shape index (κ3) is 2.51. The molecule has 134 valence electrons. The van der Waals surface area contributed by atoms with Gasteiger partial charge < -0.3 is 19.9 Å². The van der Waals surface area contributed by atoms with E-state index < -0.39 is 17.0 Å². The maximum atomic E-state index is 12.9. The Balaban J connectivity index is 1.50. The quantitative estimate of drug-likeness (QED) is 0.826. The summed E-state index contributed by atoms with van der Waals surface area (Å²) in [5.74, 6) is 0.165. The largest absolute Gasteiger partial charge is 0.497 e. The van der Waals surface area contributed by atoms with E-state index in [1.54, 1.807) is 7.11 Å². The van der Waals surface area contributed by atoms with E-state index in [2.05, 4.69) is 5.32 Å². The molecule has 25 heavy (non-hydrogen) atoms. The number of carbonyl (C=O) groups is 2. The van der Waals surface area contributed by atoms with Gasteiger partial charge in [0, 0.05) is 12.8 Å². The van der Waals surface area contributed by atoms with Gasteiger partial charge in [0.05, 0.1) is 25.2 Å². The molecule has 1 unspecified atom stereocenters. The van der Waals surface area contributed by atoms with E-state index in [9.17, 15) is 14.7 Å². The predicted molar refractivity (Wildman–Crippen MR) is 89.2 cm³/mol. The summed E-state index contributed by atoms with van der Waals surface area (Å²) in [7, 11) is 1.63. The van der Waals surface area contributed by atoms with Crippen LogP contribution in [0.3, 0.4) is 0 Å². The molecular weight excluding hydrogens is 322 g/mol. The average Bonchev–Trinajstić information content (AvgIpc) is 3.10. The molecule has 0 radical (unpaired) electrons. The van der Waals surface area contributed by atoms with Crippen molar-refractivity contribution in [3.8, 4) is 5.75 Å². The molecule has 2 bridgehead atoms.